The first kappa shape index (κ1) is 16.9. The molecule has 0 fully saturated rings. The normalized spacial score (nSPS) is 11.6. The van der Waals surface area contributed by atoms with Gasteiger partial charge >= 0.3 is 13.6 Å². The summed E-state index contributed by atoms with van der Waals surface area (Å²) in [6.07, 6.45) is 0.826. The fourth-order valence-corrected chi connectivity index (χ4v) is 3.74. The third kappa shape index (κ3) is 4.44. The van der Waals surface area contributed by atoms with Crippen molar-refractivity contribution >= 4 is 13.6 Å². The molecule has 0 radical (unpaired) electrons. The number of carboxylic acid groups (broad SMARTS) is 1. The third-order valence-corrected chi connectivity index (χ3v) is 4.88. The standard InChI is InChI=1S/C14H21O5P/c1-4-11-9-12(14(15)16)7-8-13(11)10-20(17,18-5-2)19-6-3/h7-9H,4-6,10H2,1-3H3,(H,15,16). The van der Waals surface area contributed by atoms with E-state index in [1.165, 1.54) is 6.07 Å². The van der Waals surface area contributed by atoms with Crippen LogP contribution in [-0.4, -0.2) is 24.3 Å². The monoisotopic (exact) mass is 300 g/mol. The predicted octanol–water partition coefficient (Wildman–Crippen LogP) is 3.71. The fourth-order valence-electron chi connectivity index (χ4n) is 1.97. The van der Waals surface area contributed by atoms with Crippen molar-refractivity contribution < 1.29 is 23.5 Å². The summed E-state index contributed by atoms with van der Waals surface area (Å²) < 4.78 is 23.0. The Morgan fingerprint density at radius 1 is 1.15 bits per heavy atom. The van der Waals surface area contributed by atoms with Crippen molar-refractivity contribution in [3.8, 4) is 0 Å². The highest BCUT2D eigenvalue weighted by Gasteiger charge is 2.25. The molecule has 1 N–H and O–H groups in total. The van der Waals surface area contributed by atoms with E-state index in [0.29, 0.717) is 19.6 Å². The van der Waals surface area contributed by atoms with Crippen molar-refractivity contribution in [2.24, 2.45) is 0 Å². The van der Waals surface area contributed by atoms with Crippen LogP contribution >= 0.6 is 7.60 Å². The molecule has 5 nitrogen and oxygen atoms in total. The summed E-state index contributed by atoms with van der Waals surface area (Å²) >= 11 is 0. The SMILES string of the molecule is CCOP(=O)(Cc1ccc(C(=O)O)cc1CC)OCC. The first-order chi connectivity index (χ1) is 9.45. The molecular formula is C14H21O5P. The highest BCUT2D eigenvalue weighted by Crippen LogP contribution is 2.51. The molecule has 1 aromatic carbocycles. The van der Waals surface area contributed by atoms with Crippen LogP contribution in [0.25, 0.3) is 0 Å². The molecule has 112 valence electrons. The predicted molar refractivity (Wildman–Crippen MR) is 77.3 cm³/mol. The van der Waals surface area contributed by atoms with Gasteiger partial charge in [-0.1, -0.05) is 13.0 Å². The molecule has 0 atom stereocenters. The fraction of sp³-hybridized carbons (Fsp3) is 0.500. The zero-order valence-electron chi connectivity index (χ0n) is 12.1. The first-order valence-corrected chi connectivity index (χ1v) is 8.41. The number of hydrogen-bond acceptors (Lipinski definition) is 4. The van der Waals surface area contributed by atoms with Crippen LogP contribution in [0.2, 0.25) is 0 Å². The molecule has 0 aromatic heterocycles. The van der Waals surface area contributed by atoms with Crippen molar-refractivity contribution in [3.63, 3.8) is 0 Å². The number of carboxylic acids is 1. The van der Waals surface area contributed by atoms with E-state index < -0.39 is 13.6 Å². The maximum atomic E-state index is 12.5. The summed E-state index contributed by atoms with van der Waals surface area (Å²) in [7, 11) is -3.17. The van der Waals surface area contributed by atoms with Gasteiger partial charge in [-0.05, 0) is 43.5 Å². The summed E-state index contributed by atoms with van der Waals surface area (Å²) in [6, 6.07) is 4.81. The lowest BCUT2D eigenvalue weighted by Gasteiger charge is -2.18. The highest BCUT2D eigenvalue weighted by atomic mass is 31.2. The van der Waals surface area contributed by atoms with Crippen molar-refractivity contribution in [1.29, 1.82) is 0 Å². The van der Waals surface area contributed by atoms with Crippen LogP contribution in [0.1, 0.15) is 42.3 Å². The lowest BCUT2D eigenvalue weighted by Crippen LogP contribution is -2.04. The van der Waals surface area contributed by atoms with Crippen LogP contribution in [-0.2, 0) is 26.2 Å². The van der Waals surface area contributed by atoms with Gasteiger partial charge in [0, 0.05) is 0 Å². The molecule has 1 aromatic rings. The Bertz CT molecular complexity index is 502. The minimum absolute atomic E-state index is 0.164. The topological polar surface area (TPSA) is 72.8 Å². The quantitative estimate of drug-likeness (QED) is 0.741. The molecule has 0 unspecified atom stereocenters. The van der Waals surface area contributed by atoms with E-state index in [-0.39, 0.29) is 11.7 Å². The van der Waals surface area contributed by atoms with Crippen LogP contribution in [0.3, 0.4) is 0 Å². The molecule has 0 amide bonds. The van der Waals surface area contributed by atoms with Crippen LogP contribution in [0, 0.1) is 0 Å². The molecule has 6 heteroatoms. The van der Waals surface area contributed by atoms with Crippen LogP contribution in [0.4, 0.5) is 0 Å². The van der Waals surface area contributed by atoms with Crippen molar-refractivity contribution in [3.05, 3.63) is 34.9 Å². The Morgan fingerprint density at radius 3 is 2.20 bits per heavy atom. The van der Waals surface area contributed by atoms with E-state index in [4.69, 9.17) is 14.2 Å². The second-order valence-corrected chi connectivity index (χ2v) is 6.30. The van der Waals surface area contributed by atoms with Gasteiger partial charge in [-0.15, -0.1) is 0 Å². The Kier molecular flexibility index (Phi) is 6.40. The van der Waals surface area contributed by atoms with Gasteiger partial charge < -0.3 is 14.2 Å². The lowest BCUT2D eigenvalue weighted by molar-refractivity contribution is 0.0696. The van der Waals surface area contributed by atoms with Crippen LogP contribution < -0.4 is 0 Å². The lowest BCUT2D eigenvalue weighted by atomic mass is 10.0. The summed E-state index contributed by atoms with van der Waals surface area (Å²) in [5.41, 5.74) is 1.89. The molecule has 0 saturated carbocycles. The number of hydrogen-bond donors (Lipinski definition) is 1. The largest absolute Gasteiger partial charge is 0.478 e. The summed E-state index contributed by atoms with van der Waals surface area (Å²) in [5, 5.41) is 8.99. The molecule has 0 heterocycles. The van der Waals surface area contributed by atoms with Crippen molar-refractivity contribution in [2.75, 3.05) is 13.2 Å². The number of carbonyl (C=O) groups is 1. The number of benzene rings is 1. The minimum atomic E-state index is -3.17. The van der Waals surface area contributed by atoms with E-state index in [1.54, 1.807) is 26.0 Å². The molecule has 0 bridgehead atoms. The number of aryl methyl sites for hydroxylation is 1. The second kappa shape index (κ2) is 7.58. The van der Waals surface area contributed by atoms with Gasteiger partial charge in [-0.25, -0.2) is 4.79 Å². The Hall–Kier alpha value is -1.16. The molecule has 0 saturated heterocycles. The number of aromatic carboxylic acids is 1. The highest BCUT2D eigenvalue weighted by molar-refractivity contribution is 7.53. The third-order valence-electron chi connectivity index (χ3n) is 2.85. The average molecular weight is 300 g/mol. The van der Waals surface area contributed by atoms with Crippen molar-refractivity contribution in [2.45, 2.75) is 33.4 Å². The van der Waals surface area contributed by atoms with Crippen LogP contribution in [0.15, 0.2) is 18.2 Å². The summed E-state index contributed by atoms with van der Waals surface area (Å²) in [5.74, 6) is -0.968. The molecule has 1 rings (SSSR count). The van der Waals surface area contributed by atoms with Crippen molar-refractivity contribution in [1.82, 2.24) is 0 Å². The molecular weight excluding hydrogens is 279 g/mol. The van der Waals surface area contributed by atoms with Gasteiger partial charge in [-0.3, -0.25) is 4.57 Å². The van der Waals surface area contributed by atoms with E-state index in [9.17, 15) is 9.36 Å². The molecule has 0 aliphatic rings. The molecule has 0 spiro atoms. The second-order valence-electron chi connectivity index (χ2n) is 4.25. The van der Waals surface area contributed by atoms with Gasteiger partial charge in [-0.2, -0.15) is 0 Å². The van der Waals surface area contributed by atoms with Gasteiger partial charge in [0.15, 0.2) is 0 Å². The van der Waals surface area contributed by atoms with Crippen LogP contribution in [0.5, 0.6) is 0 Å². The smallest absolute Gasteiger partial charge is 0.335 e. The van der Waals surface area contributed by atoms with E-state index >= 15 is 0 Å². The zero-order chi connectivity index (χ0) is 15.2. The van der Waals surface area contributed by atoms with Gasteiger partial charge in [0.2, 0.25) is 0 Å². The molecule has 0 aliphatic carbocycles. The maximum Gasteiger partial charge on any atom is 0.335 e. The minimum Gasteiger partial charge on any atom is -0.478 e. The summed E-state index contributed by atoms with van der Waals surface area (Å²) in [6.45, 7) is 6.08. The van der Waals surface area contributed by atoms with E-state index in [1.807, 2.05) is 6.92 Å². The van der Waals surface area contributed by atoms with E-state index in [2.05, 4.69) is 0 Å². The average Bonchev–Trinajstić information content (AvgIpc) is 2.39. The van der Waals surface area contributed by atoms with E-state index in [0.717, 1.165) is 11.1 Å². The zero-order valence-corrected chi connectivity index (χ0v) is 13.0. The molecule has 0 aliphatic heterocycles. The van der Waals surface area contributed by atoms with Gasteiger partial charge in [0.05, 0.1) is 24.9 Å². The molecule has 20 heavy (non-hydrogen) atoms. The Labute approximate surface area is 119 Å². The number of rotatable bonds is 8. The maximum absolute atomic E-state index is 12.5. The Morgan fingerprint density at radius 2 is 1.75 bits per heavy atom. The van der Waals surface area contributed by atoms with Gasteiger partial charge in [0.1, 0.15) is 0 Å². The Balaban J connectivity index is 3.06. The van der Waals surface area contributed by atoms with Gasteiger partial charge in [0.25, 0.3) is 0 Å². The first-order valence-electron chi connectivity index (χ1n) is 6.69. The summed E-state index contributed by atoms with van der Waals surface area (Å²) in [4.78, 5) is 11.0.